The van der Waals surface area contributed by atoms with Gasteiger partial charge in [-0.1, -0.05) is 12.1 Å². The summed E-state index contributed by atoms with van der Waals surface area (Å²) in [5, 5.41) is 5.02. The van der Waals surface area contributed by atoms with Crippen LogP contribution in [0.4, 0.5) is 0 Å². The first-order valence-corrected chi connectivity index (χ1v) is 10.6. The van der Waals surface area contributed by atoms with Crippen LogP contribution in [-0.2, 0) is 11.3 Å². The minimum atomic E-state index is -0.440. The van der Waals surface area contributed by atoms with Crippen LogP contribution in [0, 0.1) is 0 Å². The fourth-order valence-electron chi connectivity index (χ4n) is 3.52. The standard InChI is InChI=1S/C21H28N4O2S/c1-15(7-5-11-24(2)3)23-20(26)17-14-25(21(27)18-9-6-12-28-18)13-16-8-4-10-22-19(16)17/h4,6,8-10,12,15,17H,5,7,11,13-14H2,1-3H3,(H,23,26). The molecule has 2 aromatic heterocycles. The number of rotatable bonds is 7. The Morgan fingerprint density at radius 3 is 2.89 bits per heavy atom. The lowest BCUT2D eigenvalue weighted by molar-refractivity contribution is -0.123. The van der Waals surface area contributed by atoms with Crippen LogP contribution >= 0.6 is 11.3 Å². The van der Waals surface area contributed by atoms with E-state index in [1.165, 1.54) is 11.3 Å². The molecule has 1 aliphatic heterocycles. The van der Waals surface area contributed by atoms with Crippen molar-refractivity contribution in [2.45, 2.75) is 38.3 Å². The number of pyridine rings is 1. The van der Waals surface area contributed by atoms with Crippen LogP contribution in [0.25, 0.3) is 0 Å². The number of hydrogen-bond acceptors (Lipinski definition) is 5. The topological polar surface area (TPSA) is 65.5 Å². The van der Waals surface area contributed by atoms with E-state index in [0.29, 0.717) is 18.0 Å². The molecule has 3 rings (SSSR count). The molecule has 28 heavy (non-hydrogen) atoms. The first-order valence-electron chi connectivity index (χ1n) is 9.67. The van der Waals surface area contributed by atoms with Gasteiger partial charge in [0.2, 0.25) is 5.91 Å². The zero-order chi connectivity index (χ0) is 20.1. The molecule has 0 spiro atoms. The minimum absolute atomic E-state index is 0.0265. The Hall–Kier alpha value is -2.25. The van der Waals surface area contributed by atoms with Crippen LogP contribution in [0.15, 0.2) is 35.8 Å². The molecular weight excluding hydrogens is 372 g/mol. The lowest BCUT2D eigenvalue weighted by atomic mass is 9.93. The molecule has 1 aliphatic rings. The van der Waals surface area contributed by atoms with Crippen LogP contribution < -0.4 is 5.32 Å². The number of fused-ring (bicyclic) bond motifs is 1. The summed E-state index contributed by atoms with van der Waals surface area (Å²) in [6.07, 6.45) is 3.66. The Kier molecular flexibility index (Phi) is 6.80. The fraction of sp³-hybridized carbons (Fsp3) is 0.476. The van der Waals surface area contributed by atoms with Crippen molar-refractivity contribution in [3.63, 3.8) is 0 Å². The Bertz CT molecular complexity index is 806. The fourth-order valence-corrected chi connectivity index (χ4v) is 4.21. The number of thiophene rings is 1. The van der Waals surface area contributed by atoms with Crippen LogP contribution in [0.1, 0.15) is 46.6 Å². The van der Waals surface area contributed by atoms with Crippen molar-refractivity contribution in [3.05, 3.63) is 52.0 Å². The Morgan fingerprint density at radius 1 is 1.36 bits per heavy atom. The maximum atomic E-state index is 13.0. The predicted molar refractivity (Wildman–Crippen MR) is 111 cm³/mol. The number of carbonyl (C=O) groups excluding carboxylic acids is 2. The van der Waals surface area contributed by atoms with Gasteiger partial charge in [-0.15, -0.1) is 11.3 Å². The SMILES string of the molecule is CC(CCCN(C)C)NC(=O)C1CN(C(=O)c2cccs2)Cc2cccnc21. The third-order valence-corrected chi connectivity index (χ3v) is 5.84. The number of hydrogen-bond donors (Lipinski definition) is 1. The molecule has 2 atom stereocenters. The van der Waals surface area contributed by atoms with E-state index >= 15 is 0 Å². The maximum absolute atomic E-state index is 13.0. The first-order chi connectivity index (χ1) is 13.5. The van der Waals surface area contributed by atoms with E-state index in [1.807, 2.05) is 50.7 Å². The summed E-state index contributed by atoms with van der Waals surface area (Å²) < 4.78 is 0. The molecule has 0 saturated carbocycles. The van der Waals surface area contributed by atoms with Crippen molar-refractivity contribution in [2.24, 2.45) is 0 Å². The second-order valence-electron chi connectivity index (χ2n) is 7.62. The van der Waals surface area contributed by atoms with Crippen molar-refractivity contribution < 1.29 is 9.59 Å². The van der Waals surface area contributed by atoms with Crippen LogP contribution in [0.2, 0.25) is 0 Å². The van der Waals surface area contributed by atoms with Crippen molar-refractivity contribution in [1.82, 2.24) is 20.1 Å². The lowest BCUT2D eigenvalue weighted by Crippen LogP contribution is -2.46. The number of nitrogens with zero attached hydrogens (tertiary/aromatic N) is 3. The van der Waals surface area contributed by atoms with Gasteiger partial charge < -0.3 is 15.1 Å². The molecule has 2 unspecified atom stereocenters. The zero-order valence-electron chi connectivity index (χ0n) is 16.7. The molecule has 0 bridgehead atoms. The number of nitrogens with one attached hydrogen (secondary N) is 1. The maximum Gasteiger partial charge on any atom is 0.264 e. The Morgan fingerprint density at radius 2 is 2.18 bits per heavy atom. The molecule has 0 saturated heterocycles. The summed E-state index contributed by atoms with van der Waals surface area (Å²) in [7, 11) is 4.10. The summed E-state index contributed by atoms with van der Waals surface area (Å²) in [6, 6.07) is 7.60. The normalized spacial score (nSPS) is 17.3. The molecule has 0 fully saturated rings. The summed E-state index contributed by atoms with van der Waals surface area (Å²) in [6.45, 7) is 3.88. The van der Waals surface area contributed by atoms with E-state index in [2.05, 4.69) is 15.2 Å². The van der Waals surface area contributed by atoms with E-state index in [-0.39, 0.29) is 17.9 Å². The van der Waals surface area contributed by atoms with Gasteiger partial charge >= 0.3 is 0 Å². The van der Waals surface area contributed by atoms with Gasteiger partial charge in [-0.2, -0.15) is 0 Å². The third kappa shape index (κ3) is 4.97. The van der Waals surface area contributed by atoms with Crippen LogP contribution in [0.3, 0.4) is 0 Å². The monoisotopic (exact) mass is 400 g/mol. The van der Waals surface area contributed by atoms with Gasteiger partial charge in [0, 0.05) is 25.3 Å². The average molecular weight is 401 g/mol. The van der Waals surface area contributed by atoms with Gasteiger partial charge in [0.05, 0.1) is 16.5 Å². The number of carbonyl (C=O) groups is 2. The van der Waals surface area contributed by atoms with Gasteiger partial charge in [0.25, 0.3) is 5.91 Å². The summed E-state index contributed by atoms with van der Waals surface area (Å²) in [5.74, 6) is -0.521. The highest BCUT2D eigenvalue weighted by atomic mass is 32.1. The van der Waals surface area contributed by atoms with E-state index in [1.54, 1.807) is 11.1 Å². The van der Waals surface area contributed by atoms with Crippen LogP contribution in [0.5, 0.6) is 0 Å². The molecular formula is C21H28N4O2S. The zero-order valence-corrected chi connectivity index (χ0v) is 17.5. The highest BCUT2D eigenvalue weighted by Gasteiger charge is 2.34. The van der Waals surface area contributed by atoms with Gasteiger partial charge in [0.1, 0.15) is 0 Å². The average Bonchev–Trinajstić information content (AvgIpc) is 3.20. The van der Waals surface area contributed by atoms with Gasteiger partial charge in [0.15, 0.2) is 0 Å². The molecule has 7 heteroatoms. The molecule has 6 nitrogen and oxygen atoms in total. The van der Waals surface area contributed by atoms with E-state index in [4.69, 9.17) is 0 Å². The van der Waals surface area contributed by atoms with Gasteiger partial charge in [-0.25, -0.2) is 0 Å². The second-order valence-corrected chi connectivity index (χ2v) is 8.57. The third-order valence-electron chi connectivity index (χ3n) is 4.99. The highest BCUT2D eigenvalue weighted by Crippen LogP contribution is 2.28. The molecule has 0 radical (unpaired) electrons. The first kappa shape index (κ1) is 20.5. The second kappa shape index (κ2) is 9.30. The molecule has 1 N–H and O–H groups in total. The van der Waals surface area contributed by atoms with Gasteiger partial charge in [-0.05, 0) is 63.5 Å². The summed E-state index contributed by atoms with van der Waals surface area (Å²) in [5.41, 5.74) is 1.73. The predicted octanol–water partition coefficient (Wildman–Crippen LogP) is 2.73. The van der Waals surface area contributed by atoms with Crippen molar-refractivity contribution >= 4 is 23.2 Å². The van der Waals surface area contributed by atoms with Crippen LogP contribution in [-0.4, -0.2) is 59.8 Å². The molecule has 0 aromatic carbocycles. The van der Waals surface area contributed by atoms with Crippen molar-refractivity contribution in [3.8, 4) is 0 Å². The molecule has 3 heterocycles. The van der Waals surface area contributed by atoms with E-state index < -0.39 is 5.92 Å². The largest absolute Gasteiger partial charge is 0.353 e. The Balaban J connectivity index is 1.71. The van der Waals surface area contributed by atoms with E-state index in [0.717, 1.165) is 30.6 Å². The molecule has 2 amide bonds. The quantitative estimate of drug-likeness (QED) is 0.776. The Labute approximate surface area is 170 Å². The highest BCUT2D eigenvalue weighted by molar-refractivity contribution is 7.12. The molecule has 150 valence electrons. The van der Waals surface area contributed by atoms with E-state index in [9.17, 15) is 9.59 Å². The molecule has 2 aromatic rings. The number of amides is 2. The lowest BCUT2D eigenvalue weighted by Gasteiger charge is -2.33. The van der Waals surface area contributed by atoms with Crippen molar-refractivity contribution in [1.29, 1.82) is 0 Å². The smallest absolute Gasteiger partial charge is 0.264 e. The minimum Gasteiger partial charge on any atom is -0.353 e. The molecule has 0 aliphatic carbocycles. The van der Waals surface area contributed by atoms with Crippen molar-refractivity contribution in [2.75, 3.05) is 27.2 Å². The summed E-state index contributed by atoms with van der Waals surface area (Å²) >= 11 is 1.43. The number of aromatic nitrogens is 1. The van der Waals surface area contributed by atoms with Gasteiger partial charge in [-0.3, -0.25) is 14.6 Å². The summed E-state index contributed by atoms with van der Waals surface area (Å²) in [4.78, 5) is 34.9.